The lowest BCUT2D eigenvalue weighted by atomic mass is 9.98. The first kappa shape index (κ1) is 15.5. The van der Waals surface area contributed by atoms with Gasteiger partial charge in [-0.25, -0.2) is 9.78 Å². The monoisotopic (exact) mass is 312 g/mol. The van der Waals surface area contributed by atoms with Gasteiger partial charge < -0.3 is 15.0 Å². The molecule has 1 aromatic heterocycles. The lowest BCUT2D eigenvalue weighted by Gasteiger charge is -2.31. The third-order valence-corrected chi connectivity index (χ3v) is 3.69. The quantitative estimate of drug-likeness (QED) is 0.848. The maximum Gasteiger partial charge on any atom is 0.317 e. The van der Waals surface area contributed by atoms with Gasteiger partial charge in [0.25, 0.3) is 0 Å². The number of aromatic nitrogens is 2. The molecule has 1 aliphatic heterocycles. The number of carbonyl (C=O) groups excluding carboxylic acids is 2. The van der Waals surface area contributed by atoms with E-state index in [1.165, 1.54) is 19.5 Å². The summed E-state index contributed by atoms with van der Waals surface area (Å²) in [5, 5.41) is 3.00. The largest absolute Gasteiger partial charge is 0.469 e. The number of hydrogen-bond donors (Lipinski definition) is 1. The maximum absolute atomic E-state index is 12.1. The fraction of sp³-hybridized carbons (Fsp3) is 0.538. The van der Waals surface area contributed by atoms with E-state index in [0.29, 0.717) is 18.8 Å². The Morgan fingerprint density at radius 2 is 2.24 bits per heavy atom. The van der Waals surface area contributed by atoms with Gasteiger partial charge in [-0.1, -0.05) is 11.6 Å². The summed E-state index contributed by atoms with van der Waals surface area (Å²) in [6, 6.07) is -0.245. The van der Waals surface area contributed by atoms with Crippen LogP contribution < -0.4 is 5.32 Å². The van der Waals surface area contributed by atoms with Crippen LogP contribution in [0.1, 0.15) is 18.5 Å². The molecule has 8 heteroatoms. The fourth-order valence-corrected chi connectivity index (χ4v) is 2.43. The first-order valence-electron chi connectivity index (χ1n) is 6.67. The smallest absolute Gasteiger partial charge is 0.317 e. The van der Waals surface area contributed by atoms with Crippen molar-refractivity contribution in [2.24, 2.45) is 5.92 Å². The van der Waals surface area contributed by atoms with Gasteiger partial charge in [0.2, 0.25) is 0 Å². The Labute approximate surface area is 127 Å². The van der Waals surface area contributed by atoms with E-state index in [-0.39, 0.29) is 29.6 Å². The molecule has 1 saturated heterocycles. The number of piperidine rings is 1. The van der Waals surface area contributed by atoms with Crippen LogP contribution in [0.3, 0.4) is 0 Å². The van der Waals surface area contributed by atoms with Crippen molar-refractivity contribution in [3.8, 4) is 0 Å². The number of nitrogens with one attached hydrogen (secondary N) is 1. The summed E-state index contributed by atoms with van der Waals surface area (Å²) in [6.07, 6.45) is 4.52. The number of likely N-dealkylation sites (tertiary alicyclic amines) is 1. The Bertz CT molecular complexity index is 526. The van der Waals surface area contributed by atoms with Crippen molar-refractivity contribution in [2.45, 2.75) is 19.4 Å². The van der Waals surface area contributed by atoms with Crippen LogP contribution in [-0.4, -0.2) is 47.1 Å². The van der Waals surface area contributed by atoms with E-state index in [9.17, 15) is 9.59 Å². The Morgan fingerprint density at radius 3 is 2.95 bits per heavy atom. The molecule has 0 bridgehead atoms. The number of nitrogens with zero attached hydrogens (tertiary/aromatic N) is 3. The van der Waals surface area contributed by atoms with Crippen LogP contribution in [0.2, 0.25) is 5.15 Å². The first-order valence-corrected chi connectivity index (χ1v) is 7.05. The minimum absolute atomic E-state index is 0.199. The third-order valence-electron chi connectivity index (χ3n) is 3.37. The number of hydrogen-bond acceptors (Lipinski definition) is 5. The Hall–Kier alpha value is -1.89. The molecule has 7 nitrogen and oxygen atoms in total. The molecular formula is C13H17ClN4O3. The number of rotatable bonds is 3. The number of methoxy groups -OCH3 is 1. The normalized spacial score (nSPS) is 18.2. The van der Waals surface area contributed by atoms with Crippen molar-refractivity contribution in [3.63, 3.8) is 0 Å². The van der Waals surface area contributed by atoms with Crippen molar-refractivity contribution >= 4 is 23.6 Å². The minimum atomic E-state index is -0.274. The van der Waals surface area contributed by atoms with Crippen molar-refractivity contribution < 1.29 is 14.3 Å². The lowest BCUT2D eigenvalue weighted by Crippen LogP contribution is -2.47. The predicted octanol–water partition coefficient (Wildman–Crippen LogP) is 1.22. The molecule has 1 aliphatic rings. The highest BCUT2D eigenvalue weighted by atomic mass is 35.5. The standard InChI is InChI=1S/C13H17ClN4O3/c1-21-12(19)9-3-2-6-18(8-9)13(20)17-7-10-11(14)16-5-4-15-10/h4-5,9H,2-3,6-8H2,1H3,(H,17,20)/t9-/m1/s1. The summed E-state index contributed by atoms with van der Waals surface area (Å²) in [5.74, 6) is -0.529. The Balaban J connectivity index is 1.88. The molecule has 21 heavy (non-hydrogen) atoms. The zero-order valence-electron chi connectivity index (χ0n) is 11.7. The van der Waals surface area contributed by atoms with Crippen LogP contribution in [-0.2, 0) is 16.1 Å². The lowest BCUT2D eigenvalue weighted by molar-refractivity contribution is -0.146. The number of amides is 2. The molecule has 114 valence electrons. The number of esters is 1. The van der Waals surface area contributed by atoms with Crippen LogP contribution in [0.5, 0.6) is 0 Å². The van der Waals surface area contributed by atoms with Crippen LogP contribution in [0.4, 0.5) is 4.79 Å². The van der Waals surface area contributed by atoms with Gasteiger partial charge in [0, 0.05) is 25.5 Å². The van der Waals surface area contributed by atoms with E-state index in [1.54, 1.807) is 4.90 Å². The van der Waals surface area contributed by atoms with Crippen LogP contribution >= 0.6 is 11.6 Å². The van der Waals surface area contributed by atoms with Gasteiger partial charge in [-0.05, 0) is 12.8 Å². The molecule has 2 amide bonds. The molecule has 0 spiro atoms. The summed E-state index contributed by atoms with van der Waals surface area (Å²) >= 11 is 5.88. The molecule has 0 aliphatic carbocycles. The minimum Gasteiger partial charge on any atom is -0.469 e. The summed E-state index contributed by atoms with van der Waals surface area (Å²) in [4.78, 5) is 33.2. The SMILES string of the molecule is COC(=O)[C@@H]1CCCN(C(=O)NCc2nccnc2Cl)C1. The molecule has 0 radical (unpaired) electrons. The molecule has 1 atom stereocenters. The Kier molecular flexibility index (Phi) is 5.32. The van der Waals surface area contributed by atoms with Crippen molar-refractivity contribution in [3.05, 3.63) is 23.2 Å². The van der Waals surface area contributed by atoms with E-state index in [0.717, 1.165) is 12.8 Å². The van der Waals surface area contributed by atoms with Crippen LogP contribution in [0.15, 0.2) is 12.4 Å². The van der Waals surface area contributed by atoms with Crippen molar-refractivity contribution in [1.29, 1.82) is 0 Å². The van der Waals surface area contributed by atoms with Crippen LogP contribution in [0.25, 0.3) is 0 Å². The summed E-state index contributed by atoms with van der Waals surface area (Å²) in [5.41, 5.74) is 0.508. The van der Waals surface area contributed by atoms with Gasteiger partial charge >= 0.3 is 12.0 Å². The van der Waals surface area contributed by atoms with Gasteiger partial charge in [0.1, 0.15) is 0 Å². The van der Waals surface area contributed by atoms with Gasteiger partial charge in [-0.3, -0.25) is 9.78 Å². The summed E-state index contributed by atoms with van der Waals surface area (Å²) < 4.78 is 4.73. The zero-order valence-corrected chi connectivity index (χ0v) is 12.5. The number of urea groups is 1. The second-order valence-corrected chi connectivity index (χ2v) is 5.12. The van der Waals surface area contributed by atoms with Crippen molar-refractivity contribution in [1.82, 2.24) is 20.2 Å². The van der Waals surface area contributed by atoms with E-state index < -0.39 is 0 Å². The average molecular weight is 313 g/mol. The van der Waals surface area contributed by atoms with E-state index >= 15 is 0 Å². The molecule has 1 fully saturated rings. The van der Waals surface area contributed by atoms with Crippen LogP contribution in [0, 0.1) is 5.92 Å². The number of halogens is 1. The number of carbonyl (C=O) groups is 2. The van der Waals surface area contributed by atoms with E-state index in [4.69, 9.17) is 16.3 Å². The molecule has 0 unspecified atom stereocenters. The van der Waals surface area contributed by atoms with E-state index in [1.807, 2.05) is 0 Å². The Morgan fingerprint density at radius 1 is 1.48 bits per heavy atom. The predicted molar refractivity (Wildman–Crippen MR) is 75.6 cm³/mol. The summed E-state index contributed by atoms with van der Waals surface area (Å²) in [7, 11) is 1.36. The second kappa shape index (κ2) is 7.21. The molecule has 0 saturated carbocycles. The second-order valence-electron chi connectivity index (χ2n) is 4.76. The van der Waals surface area contributed by atoms with Gasteiger partial charge in [0.05, 0.1) is 25.3 Å². The highest BCUT2D eigenvalue weighted by Gasteiger charge is 2.28. The fourth-order valence-electron chi connectivity index (χ4n) is 2.26. The highest BCUT2D eigenvalue weighted by molar-refractivity contribution is 6.29. The molecular weight excluding hydrogens is 296 g/mol. The molecule has 1 aromatic rings. The molecule has 0 aromatic carbocycles. The molecule has 2 heterocycles. The van der Waals surface area contributed by atoms with Gasteiger partial charge in [-0.15, -0.1) is 0 Å². The maximum atomic E-state index is 12.1. The zero-order chi connectivity index (χ0) is 15.2. The summed E-state index contributed by atoms with van der Waals surface area (Å²) in [6.45, 7) is 1.19. The van der Waals surface area contributed by atoms with Crippen molar-refractivity contribution in [2.75, 3.05) is 20.2 Å². The third kappa shape index (κ3) is 4.04. The molecule has 2 rings (SSSR count). The highest BCUT2D eigenvalue weighted by Crippen LogP contribution is 2.18. The van der Waals surface area contributed by atoms with E-state index in [2.05, 4.69) is 15.3 Å². The topological polar surface area (TPSA) is 84.4 Å². The average Bonchev–Trinajstić information content (AvgIpc) is 2.53. The first-order chi connectivity index (χ1) is 10.1. The van der Waals surface area contributed by atoms with Gasteiger partial charge in [-0.2, -0.15) is 0 Å². The molecule has 1 N–H and O–H groups in total. The van der Waals surface area contributed by atoms with Gasteiger partial charge in [0.15, 0.2) is 5.15 Å². The number of ether oxygens (including phenoxy) is 1.